The minimum atomic E-state index is -0.813. The minimum Gasteiger partial charge on any atom is -0.496 e. The number of para-hydroxylation sites is 1. The van der Waals surface area contributed by atoms with Gasteiger partial charge in [0.15, 0.2) is 0 Å². The number of hydrogen-bond donors (Lipinski definition) is 2. The molecular formula is C25H32N2O3. The maximum absolute atomic E-state index is 13.0. The summed E-state index contributed by atoms with van der Waals surface area (Å²) >= 11 is 0. The molecule has 0 aromatic heterocycles. The normalized spacial score (nSPS) is 18.7. The lowest BCUT2D eigenvalue weighted by Crippen LogP contribution is -2.47. The van der Waals surface area contributed by atoms with Crippen molar-refractivity contribution < 1.29 is 14.6 Å². The Kier molecular flexibility index (Phi) is 6.70. The number of hydrogen-bond acceptors (Lipinski definition) is 4. The van der Waals surface area contributed by atoms with Gasteiger partial charge >= 0.3 is 0 Å². The average molecular weight is 409 g/mol. The van der Waals surface area contributed by atoms with Gasteiger partial charge in [-0.25, -0.2) is 0 Å². The summed E-state index contributed by atoms with van der Waals surface area (Å²) in [6.45, 7) is 2.68. The topological polar surface area (TPSA) is 61.8 Å². The van der Waals surface area contributed by atoms with Crippen molar-refractivity contribution in [2.75, 3.05) is 26.7 Å². The Bertz CT molecular complexity index is 838. The highest BCUT2D eigenvalue weighted by molar-refractivity contribution is 5.77. The summed E-state index contributed by atoms with van der Waals surface area (Å²) in [4.78, 5) is 15.3. The average Bonchev–Trinajstić information content (AvgIpc) is 3.41. The summed E-state index contributed by atoms with van der Waals surface area (Å²) in [6.07, 6.45) is 3.93. The van der Waals surface area contributed by atoms with Crippen molar-refractivity contribution >= 4 is 5.91 Å². The van der Waals surface area contributed by atoms with Crippen LogP contribution in [0.5, 0.6) is 5.75 Å². The highest BCUT2D eigenvalue weighted by Crippen LogP contribution is 2.30. The Balaban J connectivity index is 1.43. The fourth-order valence-electron chi connectivity index (χ4n) is 4.92. The first kappa shape index (κ1) is 20.9. The lowest BCUT2D eigenvalue weighted by Gasteiger charge is -2.29. The Labute approximate surface area is 179 Å². The quantitative estimate of drug-likeness (QED) is 0.705. The molecule has 0 bridgehead atoms. The lowest BCUT2D eigenvalue weighted by atomic mass is 9.98. The lowest BCUT2D eigenvalue weighted by molar-refractivity contribution is -0.123. The Morgan fingerprint density at radius 2 is 1.73 bits per heavy atom. The van der Waals surface area contributed by atoms with Crippen LogP contribution < -0.4 is 10.1 Å². The van der Waals surface area contributed by atoms with E-state index in [0.717, 1.165) is 31.5 Å². The van der Waals surface area contributed by atoms with E-state index in [1.807, 2.05) is 24.3 Å². The molecule has 160 valence electrons. The number of aliphatic hydroxyl groups excluding tert-OH is 1. The molecule has 1 fully saturated rings. The predicted octanol–water partition coefficient (Wildman–Crippen LogP) is 3.11. The van der Waals surface area contributed by atoms with Crippen molar-refractivity contribution in [3.8, 4) is 5.75 Å². The molecule has 1 aliphatic carbocycles. The van der Waals surface area contributed by atoms with Gasteiger partial charge in [0.2, 0.25) is 5.91 Å². The van der Waals surface area contributed by atoms with E-state index in [1.165, 1.54) is 24.0 Å². The first-order valence-corrected chi connectivity index (χ1v) is 11.0. The first-order valence-electron chi connectivity index (χ1n) is 11.0. The Morgan fingerprint density at radius 3 is 2.40 bits per heavy atom. The van der Waals surface area contributed by atoms with Gasteiger partial charge in [0.25, 0.3) is 0 Å². The molecule has 5 heteroatoms. The van der Waals surface area contributed by atoms with E-state index < -0.39 is 6.10 Å². The Morgan fingerprint density at radius 1 is 1.10 bits per heavy atom. The van der Waals surface area contributed by atoms with E-state index in [-0.39, 0.29) is 11.9 Å². The van der Waals surface area contributed by atoms with Gasteiger partial charge in [-0.05, 0) is 61.9 Å². The van der Waals surface area contributed by atoms with Gasteiger partial charge in [-0.15, -0.1) is 0 Å². The third kappa shape index (κ3) is 4.85. The van der Waals surface area contributed by atoms with Gasteiger partial charge in [0, 0.05) is 18.5 Å². The number of carbonyl (C=O) groups is 1. The first-order chi connectivity index (χ1) is 14.6. The molecule has 0 unspecified atom stereocenters. The fourth-order valence-corrected chi connectivity index (χ4v) is 4.92. The van der Waals surface area contributed by atoms with E-state index >= 15 is 0 Å². The Hall–Kier alpha value is -2.37. The molecule has 2 aromatic rings. The minimum absolute atomic E-state index is 0.0194. The molecule has 0 spiro atoms. The van der Waals surface area contributed by atoms with Crippen LogP contribution in [0.2, 0.25) is 0 Å². The number of benzene rings is 2. The van der Waals surface area contributed by atoms with Crippen LogP contribution in [0.4, 0.5) is 0 Å². The highest BCUT2D eigenvalue weighted by Gasteiger charge is 2.30. The largest absolute Gasteiger partial charge is 0.496 e. The number of rotatable bonds is 8. The molecule has 1 aliphatic heterocycles. The highest BCUT2D eigenvalue weighted by atomic mass is 16.5. The van der Waals surface area contributed by atoms with Gasteiger partial charge in [0.1, 0.15) is 11.9 Å². The summed E-state index contributed by atoms with van der Waals surface area (Å²) in [5.74, 6) is 1.00. The predicted molar refractivity (Wildman–Crippen MR) is 118 cm³/mol. The molecule has 2 atom stereocenters. The summed E-state index contributed by atoms with van der Waals surface area (Å²) in [6, 6.07) is 15.6. The van der Waals surface area contributed by atoms with Crippen molar-refractivity contribution in [1.82, 2.24) is 10.2 Å². The second-order valence-electron chi connectivity index (χ2n) is 8.62. The van der Waals surface area contributed by atoms with Gasteiger partial charge in [-0.1, -0.05) is 42.5 Å². The summed E-state index contributed by atoms with van der Waals surface area (Å²) in [7, 11) is 1.61. The number of methoxy groups -OCH3 is 1. The van der Waals surface area contributed by atoms with Crippen molar-refractivity contribution in [1.29, 1.82) is 0 Å². The molecule has 2 aliphatic rings. The van der Waals surface area contributed by atoms with E-state index in [2.05, 4.69) is 34.5 Å². The zero-order chi connectivity index (χ0) is 20.9. The van der Waals surface area contributed by atoms with Gasteiger partial charge in [-0.2, -0.15) is 0 Å². The summed E-state index contributed by atoms with van der Waals surface area (Å²) in [5, 5.41) is 14.3. The maximum Gasteiger partial charge on any atom is 0.220 e. The molecule has 5 nitrogen and oxygen atoms in total. The number of nitrogens with zero attached hydrogens (tertiary/aromatic N) is 1. The van der Waals surface area contributed by atoms with E-state index in [1.54, 1.807) is 7.11 Å². The van der Waals surface area contributed by atoms with E-state index in [0.29, 0.717) is 24.6 Å². The molecular weight excluding hydrogens is 376 g/mol. The fraction of sp³-hybridized carbons (Fsp3) is 0.480. The summed E-state index contributed by atoms with van der Waals surface area (Å²) < 4.78 is 5.45. The van der Waals surface area contributed by atoms with Gasteiger partial charge in [0.05, 0.1) is 13.2 Å². The smallest absolute Gasteiger partial charge is 0.220 e. The van der Waals surface area contributed by atoms with Crippen molar-refractivity contribution in [3.63, 3.8) is 0 Å². The van der Waals surface area contributed by atoms with Crippen LogP contribution in [0.1, 0.15) is 42.1 Å². The second kappa shape index (κ2) is 9.63. The molecule has 1 saturated heterocycles. The van der Waals surface area contributed by atoms with Crippen LogP contribution in [0, 0.1) is 5.92 Å². The van der Waals surface area contributed by atoms with Gasteiger partial charge in [-0.3, -0.25) is 4.79 Å². The van der Waals surface area contributed by atoms with E-state index in [4.69, 9.17) is 4.74 Å². The zero-order valence-corrected chi connectivity index (χ0v) is 17.7. The third-order valence-electron chi connectivity index (χ3n) is 6.45. The molecule has 2 N–H and O–H groups in total. The number of fused-ring (bicyclic) bond motifs is 1. The maximum atomic E-state index is 13.0. The number of nitrogens with one attached hydrogen (secondary N) is 1. The van der Waals surface area contributed by atoms with Gasteiger partial charge < -0.3 is 20.1 Å². The molecule has 0 radical (unpaired) electrons. The second-order valence-corrected chi connectivity index (χ2v) is 8.62. The SMILES string of the molecule is COc1ccccc1[C@@H](O)[C@@H](CN1CCCC1)NC(=O)CC1Cc2ccccc2C1. The van der Waals surface area contributed by atoms with Crippen LogP contribution in [0.3, 0.4) is 0 Å². The van der Waals surface area contributed by atoms with Crippen molar-refractivity contribution in [3.05, 3.63) is 65.2 Å². The molecule has 2 aromatic carbocycles. The molecule has 4 rings (SSSR count). The molecule has 30 heavy (non-hydrogen) atoms. The molecule has 0 saturated carbocycles. The van der Waals surface area contributed by atoms with Crippen LogP contribution in [0.15, 0.2) is 48.5 Å². The van der Waals surface area contributed by atoms with Crippen molar-refractivity contribution in [2.45, 2.75) is 44.2 Å². The molecule has 1 heterocycles. The van der Waals surface area contributed by atoms with E-state index in [9.17, 15) is 9.90 Å². The number of ether oxygens (including phenoxy) is 1. The number of likely N-dealkylation sites (tertiary alicyclic amines) is 1. The summed E-state index contributed by atoms with van der Waals surface area (Å²) in [5.41, 5.74) is 3.44. The van der Waals surface area contributed by atoms with Crippen LogP contribution in [-0.2, 0) is 17.6 Å². The third-order valence-corrected chi connectivity index (χ3v) is 6.45. The monoisotopic (exact) mass is 408 g/mol. The van der Waals surface area contributed by atoms with Crippen LogP contribution in [0.25, 0.3) is 0 Å². The standard InChI is InChI=1S/C25H32N2O3/c1-30-23-11-5-4-10-21(23)25(29)22(17-27-12-6-7-13-27)26-24(28)16-18-14-19-8-2-3-9-20(19)15-18/h2-5,8-11,18,22,25,29H,6-7,12-17H2,1H3,(H,26,28)/t22-,25-/m1/s1. The molecule has 1 amide bonds. The number of carbonyl (C=O) groups excluding carboxylic acids is 1. The van der Waals surface area contributed by atoms with Crippen molar-refractivity contribution in [2.24, 2.45) is 5.92 Å². The van der Waals surface area contributed by atoms with Crippen LogP contribution >= 0.6 is 0 Å². The van der Waals surface area contributed by atoms with Crippen LogP contribution in [-0.4, -0.2) is 48.7 Å². The zero-order valence-electron chi connectivity index (χ0n) is 17.7. The number of amides is 1. The number of aliphatic hydroxyl groups is 1.